The van der Waals surface area contributed by atoms with Crippen molar-refractivity contribution in [1.29, 1.82) is 0 Å². The number of alkyl halides is 3. The van der Waals surface area contributed by atoms with Crippen molar-refractivity contribution in [2.75, 3.05) is 30.4 Å². The van der Waals surface area contributed by atoms with Gasteiger partial charge in [-0.2, -0.15) is 13.2 Å². The van der Waals surface area contributed by atoms with E-state index in [1.807, 2.05) is 0 Å². The van der Waals surface area contributed by atoms with Crippen molar-refractivity contribution in [2.45, 2.75) is 19.0 Å². The van der Waals surface area contributed by atoms with Gasteiger partial charge >= 0.3 is 6.18 Å². The molecule has 0 saturated carbocycles. The summed E-state index contributed by atoms with van der Waals surface area (Å²) in [6, 6.07) is 2.45. The van der Waals surface area contributed by atoms with Crippen LogP contribution in [0.1, 0.15) is 12.8 Å². The van der Waals surface area contributed by atoms with Crippen LogP contribution in [0.25, 0.3) is 0 Å². The summed E-state index contributed by atoms with van der Waals surface area (Å²) in [4.78, 5) is 15.9. The van der Waals surface area contributed by atoms with Crippen LogP contribution in [0, 0.1) is 16.0 Å². The Labute approximate surface area is 119 Å². The Morgan fingerprint density at radius 1 is 1.48 bits per heavy atom. The molecule has 0 bridgehead atoms. The zero-order chi connectivity index (χ0) is 15.6. The van der Waals surface area contributed by atoms with Crippen molar-refractivity contribution in [3.63, 3.8) is 0 Å². The molecular formula is C12H15F3N4O2. The molecule has 0 aromatic carbocycles. The number of nitro groups is 1. The molecule has 0 aliphatic carbocycles. The second-order valence-corrected chi connectivity index (χ2v) is 4.90. The van der Waals surface area contributed by atoms with E-state index in [1.54, 1.807) is 7.05 Å². The summed E-state index contributed by atoms with van der Waals surface area (Å²) in [7, 11) is 1.55. The number of pyridine rings is 1. The number of hydrogen-bond acceptors (Lipinski definition) is 5. The molecule has 1 fully saturated rings. The zero-order valence-electron chi connectivity index (χ0n) is 11.4. The number of halogens is 3. The summed E-state index contributed by atoms with van der Waals surface area (Å²) >= 11 is 0. The summed E-state index contributed by atoms with van der Waals surface area (Å²) in [5, 5.41) is 13.6. The fraction of sp³-hybridized carbons (Fsp3) is 0.583. The summed E-state index contributed by atoms with van der Waals surface area (Å²) in [6.07, 6.45) is -3.80. The second kappa shape index (κ2) is 5.74. The van der Waals surface area contributed by atoms with Gasteiger partial charge in [0.05, 0.1) is 23.0 Å². The van der Waals surface area contributed by atoms with Gasteiger partial charge in [0.25, 0.3) is 5.69 Å². The fourth-order valence-electron chi connectivity index (χ4n) is 2.35. The highest BCUT2D eigenvalue weighted by Gasteiger charge is 2.42. The SMILES string of the molecule is CNc1cc([N+](=O)[O-])cc(N2CCCC(C(F)(F)F)C2)n1. The predicted octanol–water partition coefficient (Wildman–Crippen LogP) is 2.81. The van der Waals surface area contributed by atoms with Crippen LogP contribution in [0.15, 0.2) is 12.1 Å². The van der Waals surface area contributed by atoms with Gasteiger partial charge in [0, 0.05) is 20.1 Å². The molecule has 0 amide bonds. The minimum Gasteiger partial charge on any atom is -0.373 e. The van der Waals surface area contributed by atoms with E-state index in [0.717, 1.165) is 0 Å². The number of nitrogens with one attached hydrogen (secondary N) is 1. The van der Waals surface area contributed by atoms with Crippen molar-refractivity contribution < 1.29 is 18.1 Å². The Bertz CT molecular complexity index is 536. The predicted molar refractivity (Wildman–Crippen MR) is 71.4 cm³/mol. The first-order chi connectivity index (χ1) is 9.81. The smallest absolute Gasteiger partial charge is 0.373 e. The minimum atomic E-state index is -4.26. The maximum Gasteiger partial charge on any atom is 0.393 e. The Morgan fingerprint density at radius 2 is 2.19 bits per heavy atom. The van der Waals surface area contributed by atoms with E-state index in [2.05, 4.69) is 10.3 Å². The molecule has 0 spiro atoms. The lowest BCUT2D eigenvalue weighted by Crippen LogP contribution is -2.42. The number of hydrogen-bond donors (Lipinski definition) is 1. The van der Waals surface area contributed by atoms with Crippen LogP contribution in [0.3, 0.4) is 0 Å². The van der Waals surface area contributed by atoms with E-state index in [-0.39, 0.29) is 30.3 Å². The monoisotopic (exact) mass is 304 g/mol. The molecular weight excluding hydrogens is 289 g/mol. The van der Waals surface area contributed by atoms with Crippen LogP contribution in [-0.4, -0.2) is 36.2 Å². The highest BCUT2D eigenvalue weighted by molar-refractivity contribution is 5.55. The summed E-state index contributed by atoms with van der Waals surface area (Å²) in [6.45, 7) is 0.185. The molecule has 9 heteroatoms. The maximum atomic E-state index is 12.8. The van der Waals surface area contributed by atoms with Gasteiger partial charge in [-0.15, -0.1) is 0 Å². The topological polar surface area (TPSA) is 71.3 Å². The largest absolute Gasteiger partial charge is 0.393 e. The lowest BCUT2D eigenvalue weighted by molar-refractivity contribution is -0.384. The molecule has 1 saturated heterocycles. The number of anilines is 2. The van der Waals surface area contributed by atoms with Crippen LogP contribution in [0.4, 0.5) is 30.5 Å². The molecule has 1 aromatic rings. The molecule has 1 unspecified atom stereocenters. The molecule has 1 aliphatic heterocycles. The lowest BCUT2D eigenvalue weighted by Gasteiger charge is -2.34. The first-order valence-electron chi connectivity index (χ1n) is 6.47. The molecule has 0 radical (unpaired) electrons. The fourth-order valence-corrected chi connectivity index (χ4v) is 2.35. The number of piperidine rings is 1. The van der Waals surface area contributed by atoms with E-state index >= 15 is 0 Å². The number of rotatable bonds is 3. The normalized spacial score (nSPS) is 19.4. The van der Waals surface area contributed by atoms with E-state index < -0.39 is 17.0 Å². The first kappa shape index (κ1) is 15.3. The lowest BCUT2D eigenvalue weighted by atomic mass is 9.97. The molecule has 1 aliphatic rings. The minimum absolute atomic E-state index is 0.0772. The van der Waals surface area contributed by atoms with Gasteiger partial charge < -0.3 is 10.2 Å². The quantitative estimate of drug-likeness (QED) is 0.687. The average Bonchev–Trinajstić information content (AvgIpc) is 2.46. The van der Waals surface area contributed by atoms with Gasteiger partial charge in [0.2, 0.25) is 0 Å². The van der Waals surface area contributed by atoms with Gasteiger partial charge in [-0.25, -0.2) is 4.98 Å². The molecule has 1 aromatic heterocycles. The van der Waals surface area contributed by atoms with Gasteiger partial charge in [-0.1, -0.05) is 0 Å². The van der Waals surface area contributed by atoms with Crippen molar-refractivity contribution in [3.8, 4) is 0 Å². The van der Waals surface area contributed by atoms with Crippen molar-refractivity contribution in [3.05, 3.63) is 22.2 Å². The van der Waals surface area contributed by atoms with E-state index in [1.165, 1.54) is 17.0 Å². The molecule has 1 atom stereocenters. The highest BCUT2D eigenvalue weighted by Crippen LogP contribution is 2.35. The molecule has 2 heterocycles. The Balaban J connectivity index is 2.28. The van der Waals surface area contributed by atoms with Crippen LogP contribution in [0.2, 0.25) is 0 Å². The third kappa shape index (κ3) is 3.53. The van der Waals surface area contributed by atoms with Crippen LogP contribution >= 0.6 is 0 Å². The molecule has 6 nitrogen and oxygen atoms in total. The van der Waals surface area contributed by atoms with E-state index in [4.69, 9.17) is 0 Å². The summed E-state index contributed by atoms with van der Waals surface area (Å²) in [5.41, 5.74) is -0.196. The van der Waals surface area contributed by atoms with Crippen molar-refractivity contribution in [2.24, 2.45) is 5.92 Å². The van der Waals surface area contributed by atoms with Gasteiger partial charge in [-0.3, -0.25) is 10.1 Å². The third-order valence-electron chi connectivity index (χ3n) is 3.47. The molecule has 2 rings (SSSR count). The second-order valence-electron chi connectivity index (χ2n) is 4.90. The van der Waals surface area contributed by atoms with Crippen LogP contribution in [0.5, 0.6) is 0 Å². The molecule has 116 valence electrons. The Morgan fingerprint density at radius 3 is 2.76 bits per heavy atom. The van der Waals surface area contributed by atoms with E-state index in [9.17, 15) is 23.3 Å². The highest BCUT2D eigenvalue weighted by atomic mass is 19.4. The number of nitrogens with zero attached hydrogens (tertiary/aromatic N) is 3. The van der Waals surface area contributed by atoms with Crippen LogP contribution in [-0.2, 0) is 0 Å². The maximum absolute atomic E-state index is 12.8. The molecule has 1 N–H and O–H groups in total. The Hall–Kier alpha value is -2.06. The zero-order valence-corrected chi connectivity index (χ0v) is 11.4. The van der Waals surface area contributed by atoms with Crippen LogP contribution < -0.4 is 10.2 Å². The van der Waals surface area contributed by atoms with Gasteiger partial charge in [-0.05, 0) is 12.8 Å². The van der Waals surface area contributed by atoms with Crippen molar-refractivity contribution in [1.82, 2.24) is 4.98 Å². The van der Waals surface area contributed by atoms with Gasteiger partial charge in [0.15, 0.2) is 0 Å². The van der Waals surface area contributed by atoms with Crippen molar-refractivity contribution >= 4 is 17.3 Å². The average molecular weight is 304 g/mol. The van der Waals surface area contributed by atoms with Gasteiger partial charge in [0.1, 0.15) is 11.6 Å². The Kier molecular flexibility index (Phi) is 4.19. The number of aromatic nitrogens is 1. The van der Waals surface area contributed by atoms with E-state index in [0.29, 0.717) is 13.0 Å². The summed E-state index contributed by atoms with van der Waals surface area (Å²) < 4.78 is 38.4. The summed E-state index contributed by atoms with van der Waals surface area (Å²) in [5.74, 6) is -0.971. The molecule has 21 heavy (non-hydrogen) atoms. The standard InChI is InChI=1S/C12H15F3N4O2/c1-16-10-5-9(19(20)21)6-11(17-10)18-4-2-3-8(7-18)12(13,14)15/h5-6,8H,2-4,7H2,1H3,(H,16,17). The third-order valence-corrected chi connectivity index (χ3v) is 3.47. The first-order valence-corrected chi connectivity index (χ1v) is 6.47.